The van der Waals surface area contributed by atoms with Gasteiger partial charge in [0.05, 0.1) is 0 Å². The fraction of sp³-hybridized carbons (Fsp3) is 0.857. The standard InChI is InChI=1S/C14H28/c1-11(9-13(3,4)5)12(2)10-14(6,7)8/h9-10H2,1-8H3. The van der Waals surface area contributed by atoms with Gasteiger partial charge in [-0.15, -0.1) is 0 Å². The molecule has 0 aromatic carbocycles. The Morgan fingerprint density at radius 3 is 1.00 bits per heavy atom. The van der Waals surface area contributed by atoms with Crippen molar-refractivity contribution in [1.82, 2.24) is 0 Å². The van der Waals surface area contributed by atoms with Gasteiger partial charge in [-0.25, -0.2) is 0 Å². The molecule has 14 heavy (non-hydrogen) atoms. The third-order valence-corrected chi connectivity index (χ3v) is 2.32. The predicted octanol–water partition coefficient (Wildman–Crippen LogP) is 5.20. The zero-order chi connectivity index (χ0) is 11.6. The Balaban J connectivity index is 4.45. The van der Waals surface area contributed by atoms with Crippen molar-refractivity contribution in [2.45, 2.75) is 68.2 Å². The fourth-order valence-corrected chi connectivity index (χ4v) is 1.89. The van der Waals surface area contributed by atoms with Crippen molar-refractivity contribution in [3.05, 3.63) is 11.1 Å². The van der Waals surface area contributed by atoms with Gasteiger partial charge in [0.25, 0.3) is 0 Å². The average Bonchev–Trinajstić information content (AvgIpc) is 1.78. The van der Waals surface area contributed by atoms with E-state index in [9.17, 15) is 0 Å². The topological polar surface area (TPSA) is 0 Å². The summed E-state index contributed by atoms with van der Waals surface area (Å²) >= 11 is 0. The molecule has 0 heteroatoms. The lowest BCUT2D eigenvalue weighted by Crippen LogP contribution is -2.09. The van der Waals surface area contributed by atoms with Crippen LogP contribution in [0, 0.1) is 10.8 Å². The van der Waals surface area contributed by atoms with E-state index in [0.717, 1.165) is 0 Å². The lowest BCUT2D eigenvalue weighted by molar-refractivity contribution is 0.390. The lowest BCUT2D eigenvalue weighted by Gasteiger charge is -2.24. The first kappa shape index (κ1) is 13.7. The van der Waals surface area contributed by atoms with Crippen LogP contribution in [-0.2, 0) is 0 Å². The third-order valence-electron chi connectivity index (χ3n) is 2.32. The molecule has 0 aromatic rings. The second kappa shape index (κ2) is 4.51. The molecule has 0 aliphatic heterocycles. The first-order valence-electron chi connectivity index (χ1n) is 5.66. The minimum atomic E-state index is 0.420. The van der Waals surface area contributed by atoms with Gasteiger partial charge in [-0.05, 0) is 37.5 Å². The summed E-state index contributed by atoms with van der Waals surface area (Å²) in [6, 6.07) is 0. The van der Waals surface area contributed by atoms with Gasteiger partial charge in [-0.2, -0.15) is 0 Å². The van der Waals surface area contributed by atoms with Crippen LogP contribution >= 0.6 is 0 Å². The van der Waals surface area contributed by atoms with Crippen molar-refractivity contribution < 1.29 is 0 Å². The first-order valence-corrected chi connectivity index (χ1v) is 5.66. The molecule has 0 radical (unpaired) electrons. The van der Waals surface area contributed by atoms with Crippen molar-refractivity contribution in [3.63, 3.8) is 0 Å². The van der Waals surface area contributed by atoms with Crippen LogP contribution in [0.5, 0.6) is 0 Å². The highest BCUT2D eigenvalue weighted by atomic mass is 14.2. The third kappa shape index (κ3) is 7.17. The minimum absolute atomic E-state index is 0.420. The van der Waals surface area contributed by atoms with Crippen LogP contribution in [0.4, 0.5) is 0 Å². The molecule has 0 heterocycles. The van der Waals surface area contributed by atoms with Gasteiger partial charge in [-0.3, -0.25) is 0 Å². The normalized spacial score (nSPS) is 15.4. The Kier molecular flexibility index (Phi) is 4.42. The van der Waals surface area contributed by atoms with E-state index in [-0.39, 0.29) is 0 Å². The molecule has 0 saturated carbocycles. The molecule has 0 aliphatic rings. The molecule has 0 nitrogen and oxygen atoms in total. The summed E-state index contributed by atoms with van der Waals surface area (Å²) in [5.74, 6) is 0. The van der Waals surface area contributed by atoms with Gasteiger partial charge in [0.1, 0.15) is 0 Å². The van der Waals surface area contributed by atoms with E-state index in [4.69, 9.17) is 0 Å². The van der Waals surface area contributed by atoms with E-state index in [0.29, 0.717) is 10.8 Å². The van der Waals surface area contributed by atoms with Crippen LogP contribution in [0.15, 0.2) is 11.1 Å². The summed E-state index contributed by atoms with van der Waals surface area (Å²) in [5.41, 5.74) is 3.99. The van der Waals surface area contributed by atoms with E-state index < -0.39 is 0 Å². The van der Waals surface area contributed by atoms with Gasteiger partial charge in [0.15, 0.2) is 0 Å². The van der Waals surface area contributed by atoms with Crippen molar-refractivity contribution in [3.8, 4) is 0 Å². The summed E-state index contributed by atoms with van der Waals surface area (Å²) < 4.78 is 0. The summed E-state index contributed by atoms with van der Waals surface area (Å²) in [6.07, 6.45) is 2.43. The minimum Gasteiger partial charge on any atom is -0.0739 e. The maximum absolute atomic E-state index is 2.31. The van der Waals surface area contributed by atoms with Gasteiger partial charge < -0.3 is 0 Å². The number of hydrogen-bond acceptors (Lipinski definition) is 0. The molecular weight excluding hydrogens is 168 g/mol. The van der Waals surface area contributed by atoms with E-state index >= 15 is 0 Å². The van der Waals surface area contributed by atoms with E-state index in [1.54, 1.807) is 11.1 Å². The van der Waals surface area contributed by atoms with Gasteiger partial charge in [0, 0.05) is 0 Å². The fourth-order valence-electron chi connectivity index (χ4n) is 1.89. The highest BCUT2D eigenvalue weighted by molar-refractivity contribution is 5.12. The molecule has 0 atom stereocenters. The summed E-state index contributed by atoms with van der Waals surface area (Å²) in [7, 11) is 0. The molecule has 0 rings (SSSR count). The second-order valence-electron chi connectivity index (χ2n) is 7.04. The van der Waals surface area contributed by atoms with Crippen LogP contribution in [0.1, 0.15) is 68.2 Å². The number of hydrogen-bond donors (Lipinski definition) is 0. The molecule has 0 N–H and O–H groups in total. The molecule has 84 valence electrons. The SMILES string of the molecule is CC(CC(C)(C)C)=C(C)CC(C)(C)C. The van der Waals surface area contributed by atoms with Crippen LogP contribution in [0.25, 0.3) is 0 Å². The molecule has 0 amide bonds. The molecule has 0 fully saturated rings. The number of allylic oxidation sites excluding steroid dienone is 2. The zero-order valence-corrected chi connectivity index (χ0v) is 11.4. The van der Waals surface area contributed by atoms with Crippen LogP contribution in [0.2, 0.25) is 0 Å². The summed E-state index contributed by atoms with van der Waals surface area (Å²) in [4.78, 5) is 0. The van der Waals surface area contributed by atoms with Gasteiger partial charge in [0.2, 0.25) is 0 Å². The molecule has 0 unspecified atom stereocenters. The Hall–Kier alpha value is -0.260. The Morgan fingerprint density at radius 1 is 0.643 bits per heavy atom. The summed E-state index contributed by atoms with van der Waals surface area (Å²) in [6.45, 7) is 18.4. The number of rotatable bonds is 2. The molecule has 0 aliphatic carbocycles. The Labute approximate surface area is 90.8 Å². The van der Waals surface area contributed by atoms with Crippen molar-refractivity contribution >= 4 is 0 Å². The Morgan fingerprint density at radius 2 is 0.857 bits per heavy atom. The van der Waals surface area contributed by atoms with E-state index in [2.05, 4.69) is 55.4 Å². The average molecular weight is 196 g/mol. The van der Waals surface area contributed by atoms with Crippen LogP contribution in [0.3, 0.4) is 0 Å². The molecule has 0 bridgehead atoms. The lowest BCUT2D eigenvalue weighted by atomic mass is 9.82. The molecule has 0 saturated heterocycles. The van der Waals surface area contributed by atoms with Gasteiger partial charge in [-0.1, -0.05) is 52.7 Å². The van der Waals surface area contributed by atoms with E-state index in [1.165, 1.54) is 12.8 Å². The highest BCUT2D eigenvalue weighted by Crippen LogP contribution is 2.30. The van der Waals surface area contributed by atoms with Crippen molar-refractivity contribution in [1.29, 1.82) is 0 Å². The zero-order valence-electron chi connectivity index (χ0n) is 11.4. The predicted molar refractivity (Wildman–Crippen MR) is 66.5 cm³/mol. The first-order chi connectivity index (χ1) is 6.01. The highest BCUT2D eigenvalue weighted by Gasteiger charge is 2.15. The monoisotopic (exact) mass is 196 g/mol. The molecule has 0 aromatic heterocycles. The largest absolute Gasteiger partial charge is 0.0739 e. The second-order valence-corrected chi connectivity index (χ2v) is 7.04. The van der Waals surface area contributed by atoms with E-state index in [1.807, 2.05) is 0 Å². The maximum Gasteiger partial charge on any atom is -0.0271 e. The molecule has 0 spiro atoms. The Bertz CT molecular complexity index is 181. The quantitative estimate of drug-likeness (QED) is 0.533. The van der Waals surface area contributed by atoms with Gasteiger partial charge >= 0.3 is 0 Å². The van der Waals surface area contributed by atoms with Crippen molar-refractivity contribution in [2.75, 3.05) is 0 Å². The summed E-state index contributed by atoms with van der Waals surface area (Å²) in [5, 5.41) is 0. The van der Waals surface area contributed by atoms with Crippen molar-refractivity contribution in [2.24, 2.45) is 10.8 Å². The van der Waals surface area contributed by atoms with Crippen LogP contribution in [-0.4, -0.2) is 0 Å². The molecular formula is C14H28. The smallest absolute Gasteiger partial charge is 0.0271 e. The van der Waals surface area contributed by atoms with Crippen LogP contribution < -0.4 is 0 Å². The maximum atomic E-state index is 2.31.